The van der Waals surface area contributed by atoms with Crippen LogP contribution in [-0.2, 0) is 7.05 Å². The van der Waals surface area contributed by atoms with Gasteiger partial charge in [0, 0.05) is 73.4 Å². The van der Waals surface area contributed by atoms with Crippen LogP contribution in [0.25, 0.3) is 22.2 Å². The van der Waals surface area contributed by atoms with Crippen molar-refractivity contribution in [1.29, 1.82) is 0 Å². The number of amides is 2. The second-order valence-electron chi connectivity index (χ2n) is 9.36. The Morgan fingerprint density at radius 2 is 1.89 bits per heavy atom. The second-order valence-corrected chi connectivity index (χ2v) is 10.3. The van der Waals surface area contributed by atoms with Crippen molar-refractivity contribution in [3.63, 3.8) is 0 Å². The summed E-state index contributed by atoms with van der Waals surface area (Å²) < 4.78 is 15.6. The summed E-state index contributed by atoms with van der Waals surface area (Å²) in [5.41, 5.74) is 2.81. The fraction of sp³-hybridized carbons (Fsp3) is 0.308. The molecule has 2 fully saturated rings. The van der Waals surface area contributed by atoms with Gasteiger partial charge in [0.25, 0.3) is 11.8 Å². The average Bonchev–Trinajstić information content (AvgIpc) is 3.61. The van der Waals surface area contributed by atoms with E-state index in [1.165, 1.54) is 23.5 Å². The molecule has 0 spiro atoms. The molecule has 2 aliphatic rings. The Morgan fingerprint density at radius 3 is 2.67 bits per heavy atom. The summed E-state index contributed by atoms with van der Waals surface area (Å²) >= 11 is 1.36. The number of hydrogen-bond donors (Lipinski definition) is 1. The molecule has 0 saturated carbocycles. The van der Waals surface area contributed by atoms with Crippen LogP contribution in [0, 0.1) is 5.82 Å². The van der Waals surface area contributed by atoms with Crippen molar-refractivity contribution in [2.45, 2.75) is 18.5 Å². The van der Waals surface area contributed by atoms with Crippen LogP contribution in [0.4, 0.5) is 4.39 Å². The lowest BCUT2D eigenvalue weighted by molar-refractivity contribution is 0.0553. The number of carbonyl (C=O) groups is 2. The molecule has 0 bridgehead atoms. The zero-order valence-electron chi connectivity index (χ0n) is 19.7. The van der Waals surface area contributed by atoms with Crippen LogP contribution in [-0.4, -0.2) is 74.6 Å². The van der Waals surface area contributed by atoms with E-state index in [9.17, 15) is 14.0 Å². The van der Waals surface area contributed by atoms with Gasteiger partial charge in [-0.25, -0.2) is 9.37 Å². The number of carbonyl (C=O) groups excluding carboxylic acids is 2. The lowest BCUT2D eigenvalue weighted by Crippen LogP contribution is -2.62. The van der Waals surface area contributed by atoms with Gasteiger partial charge in [0.15, 0.2) is 5.01 Å². The van der Waals surface area contributed by atoms with Gasteiger partial charge >= 0.3 is 0 Å². The number of fused-ring (bicyclic) bond motifs is 1. The van der Waals surface area contributed by atoms with Crippen molar-refractivity contribution < 1.29 is 14.0 Å². The van der Waals surface area contributed by atoms with Crippen LogP contribution < -0.4 is 5.32 Å². The quantitative estimate of drug-likeness (QED) is 0.452. The highest BCUT2D eigenvalue weighted by Crippen LogP contribution is 2.29. The molecule has 10 heteroatoms. The third-order valence-electron chi connectivity index (χ3n) is 6.93. The van der Waals surface area contributed by atoms with Gasteiger partial charge in [-0.1, -0.05) is 12.1 Å². The highest BCUT2D eigenvalue weighted by Gasteiger charge is 2.35. The third kappa shape index (κ3) is 4.16. The van der Waals surface area contributed by atoms with Crippen molar-refractivity contribution in [1.82, 2.24) is 29.9 Å². The van der Waals surface area contributed by atoms with Crippen LogP contribution in [0.15, 0.2) is 54.0 Å². The van der Waals surface area contributed by atoms with E-state index in [2.05, 4.69) is 15.4 Å². The van der Waals surface area contributed by atoms with Gasteiger partial charge in [-0.3, -0.25) is 14.3 Å². The van der Waals surface area contributed by atoms with Gasteiger partial charge in [0.2, 0.25) is 0 Å². The zero-order chi connectivity index (χ0) is 24.8. The summed E-state index contributed by atoms with van der Waals surface area (Å²) in [6, 6.07) is 12.3. The third-order valence-corrected chi connectivity index (χ3v) is 7.69. The fourth-order valence-electron chi connectivity index (χ4n) is 5.06. The van der Waals surface area contributed by atoms with Crippen molar-refractivity contribution in [3.05, 3.63) is 70.4 Å². The Kier molecular flexibility index (Phi) is 5.77. The maximum absolute atomic E-state index is 13.8. The molecule has 6 rings (SSSR count). The molecule has 36 heavy (non-hydrogen) atoms. The standard InChI is InChI=1S/C26H25FN6O2S/c1-31-22-6-5-17(12-21(22)23(30-31)16-3-2-4-18(27)11-16)25(34)33-14-20(15-33)29-19-7-9-32(13-19)26(35)24-28-8-10-36-24/h2-6,8,10-12,19-20,29H,7,9,13-15H2,1H3. The number of nitrogens with one attached hydrogen (secondary N) is 1. The molecule has 8 nitrogen and oxygen atoms in total. The number of aromatic nitrogens is 3. The van der Waals surface area contributed by atoms with E-state index in [0.717, 1.165) is 17.3 Å². The molecule has 1 unspecified atom stereocenters. The molecule has 2 saturated heterocycles. The summed E-state index contributed by atoms with van der Waals surface area (Å²) in [6.45, 7) is 2.61. The monoisotopic (exact) mass is 504 g/mol. The smallest absolute Gasteiger partial charge is 0.282 e. The van der Waals surface area contributed by atoms with E-state index in [4.69, 9.17) is 0 Å². The largest absolute Gasteiger partial charge is 0.335 e. The van der Waals surface area contributed by atoms with E-state index in [0.29, 0.717) is 48.0 Å². The summed E-state index contributed by atoms with van der Waals surface area (Å²) in [4.78, 5) is 33.5. The molecule has 0 aliphatic carbocycles. The van der Waals surface area contributed by atoms with Gasteiger partial charge < -0.3 is 15.1 Å². The minimum absolute atomic E-state index is 0.0110. The summed E-state index contributed by atoms with van der Waals surface area (Å²) in [5.74, 6) is -0.366. The first kappa shape index (κ1) is 22.8. The maximum Gasteiger partial charge on any atom is 0.282 e. The normalized spacial score (nSPS) is 18.1. The molecule has 4 heterocycles. The number of rotatable bonds is 5. The summed E-state index contributed by atoms with van der Waals surface area (Å²) in [7, 11) is 1.84. The van der Waals surface area contributed by atoms with Crippen LogP contribution in [0.5, 0.6) is 0 Å². The number of likely N-dealkylation sites (tertiary alicyclic amines) is 2. The molecule has 2 aromatic carbocycles. The van der Waals surface area contributed by atoms with Crippen molar-refractivity contribution in [2.24, 2.45) is 7.05 Å². The molecule has 1 N–H and O–H groups in total. The van der Waals surface area contributed by atoms with Crippen LogP contribution in [0.3, 0.4) is 0 Å². The van der Waals surface area contributed by atoms with E-state index in [-0.39, 0.29) is 29.7 Å². The second kappa shape index (κ2) is 9.11. The molecule has 2 aliphatic heterocycles. The predicted octanol–water partition coefficient (Wildman–Crippen LogP) is 3.16. The lowest BCUT2D eigenvalue weighted by Gasteiger charge is -2.41. The Bertz CT molecular complexity index is 1450. The molecule has 1 atom stereocenters. The van der Waals surface area contributed by atoms with Crippen LogP contribution >= 0.6 is 11.3 Å². The van der Waals surface area contributed by atoms with Crippen molar-refractivity contribution in [3.8, 4) is 11.3 Å². The molecule has 184 valence electrons. The number of thiazole rings is 1. The molecular formula is C26H25FN6O2S. The molecule has 0 radical (unpaired) electrons. The average molecular weight is 505 g/mol. The minimum atomic E-state index is -0.324. The van der Waals surface area contributed by atoms with Gasteiger partial charge in [-0.05, 0) is 36.8 Å². The number of hydrogen-bond acceptors (Lipinski definition) is 6. The fourth-order valence-corrected chi connectivity index (χ4v) is 5.66. The SMILES string of the molecule is Cn1nc(-c2cccc(F)c2)c2cc(C(=O)N3CC(NC4CCN(C(=O)c5nccs5)C4)C3)ccc21. The van der Waals surface area contributed by atoms with Gasteiger partial charge in [-0.15, -0.1) is 11.3 Å². The Balaban J connectivity index is 1.10. The van der Waals surface area contributed by atoms with Gasteiger partial charge in [-0.2, -0.15) is 5.10 Å². The molecule has 2 amide bonds. The van der Waals surface area contributed by atoms with Crippen LogP contribution in [0.1, 0.15) is 26.6 Å². The topological polar surface area (TPSA) is 83.4 Å². The summed E-state index contributed by atoms with van der Waals surface area (Å²) in [6.07, 6.45) is 2.54. The predicted molar refractivity (Wildman–Crippen MR) is 135 cm³/mol. The number of nitrogens with zero attached hydrogens (tertiary/aromatic N) is 5. The van der Waals surface area contributed by atoms with E-state index in [1.807, 2.05) is 46.5 Å². The number of halogens is 1. The van der Waals surface area contributed by atoms with E-state index >= 15 is 0 Å². The van der Waals surface area contributed by atoms with E-state index in [1.54, 1.807) is 16.9 Å². The molecule has 4 aromatic rings. The maximum atomic E-state index is 13.8. The first-order valence-electron chi connectivity index (χ1n) is 11.9. The summed E-state index contributed by atoms with van der Waals surface area (Å²) in [5, 5.41) is 11.3. The Labute approximate surface area is 211 Å². The van der Waals surface area contributed by atoms with Gasteiger partial charge in [0.05, 0.1) is 5.52 Å². The lowest BCUT2D eigenvalue weighted by atomic mass is 10.0. The zero-order valence-corrected chi connectivity index (χ0v) is 20.5. The van der Waals surface area contributed by atoms with E-state index < -0.39 is 0 Å². The van der Waals surface area contributed by atoms with Crippen molar-refractivity contribution >= 4 is 34.1 Å². The van der Waals surface area contributed by atoms with Crippen molar-refractivity contribution in [2.75, 3.05) is 26.2 Å². The number of benzene rings is 2. The minimum Gasteiger partial charge on any atom is -0.335 e. The first-order chi connectivity index (χ1) is 17.5. The Hall–Kier alpha value is -3.63. The molecular weight excluding hydrogens is 479 g/mol. The molecule has 2 aromatic heterocycles. The first-order valence-corrected chi connectivity index (χ1v) is 12.8. The van der Waals surface area contributed by atoms with Crippen LogP contribution in [0.2, 0.25) is 0 Å². The highest BCUT2D eigenvalue weighted by molar-refractivity contribution is 7.11. The highest BCUT2D eigenvalue weighted by atomic mass is 32.1. The Morgan fingerprint density at radius 1 is 1.06 bits per heavy atom. The van der Waals surface area contributed by atoms with Gasteiger partial charge in [0.1, 0.15) is 11.5 Å². The number of aryl methyl sites for hydroxylation is 1.